The van der Waals surface area contributed by atoms with Crippen LogP contribution in [0.25, 0.3) is 61.6 Å². The highest BCUT2D eigenvalue weighted by Gasteiger charge is 2.46. The molecule has 49 heavy (non-hydrogen) atoms. The van der Waals surface area contributed by atoms with Gasteiger partial charge in [-0.05, 0) is 107 Å². The van der Waals surface area contributed by atoms with Gasteiger partial charge in [-0.3, -0.25) is 9.55 Å². The van der Waals surface area contributed by atoms with E-state index < -0.39 is 12.3 Å². The molecule has 2 aliphatic rings. The van der Waals surface area contributed by atoms with Gasteiger partial charge in [-0.2, -0.15) is 0 Å². The van der Waals surface area contributed by atoms with E-state index in [9.17, 15) is 1.37 Å². The molecule has 0 radical (unpaired) electrons. The summed E-state index contributed by atoms with van der Waals surface area (Å²) < 4.78 is 42.5. The molecule has 0 amide bonds. The van der Waals surface area contributed by atoms with E-state index in [4.69, 9.17) is 13.8 Å². The summed E-state index contributed by atoms with van der Waals surface area (Å²) in [6.07, 6.45) is 1.37. The van der Waals surface area contributed by atoms with E-state index in [1.54, 1.807) is 0 Å². The Bertz CT molecular complexity index is 2790. The Morgan fingerprint density at radius 2 is 1.43 bits per heavy atom. The van der Waals surface area contributed by atoms with Crippen LogP contribution < -0.4 is 4.74 Å². The van der Waals surface area contributed by atoms with Gasteiger partial charge >= 0.3 is 0 Å². The molecular weight excluding hydrogens is 599 g/mol. The maximum atomic E-state index is 9.18. The Labute approximate surface area is 290 Å². The van der Waals surface area contributed by atoms with Crippen molar-refractivity contribution in [3.05, 3.63) is 174 Å². The number of rotatable bonds is 4. The van der Waals surface area contributed by atoms with Crippen molar-refractivity contribution in [2.75, 3.05) is 0 Å². The second kappa shape index (κ2) is 10.4. The summed E-state index contributed by atoms with van der Waals surface area (Å²) in [4.78, 5) is 9.75. The lowest BCUT2D eigenvalue weighted by Crippen LogP contribution is -2.23. The van der Waals surface area contributed by atoms with Crippen LogP contribution in [0.5, 0.6) is 11.5 Å². The first-order chi connectivity index (χ1) is 25.7. The highest BCUT2D eigenvalue weighted by molar-refractivity contribution is 5.93. The van der Waals surface area contributed by atoms with Crippen LogP contribution >= 0.6 is 0 Å². The molecule has 0 saturated carbocycles. The molecule has 3 heterocycles. The zero-order valence-electron chi connectivity index (χ0n) is 30.6. The second-order valence-corrected chi connectivity index (χ2v) is 12.9. The third-order valence-electron chi connectivity index (χ3n) is 10.1. The SMILES string of the molecule is [2H]c1c(-c2cccc(Oc3ccc4c(c3)-c3nc5ccccc5n3-c3cccc5c3C4(C)c3ccccc3-5)c2)ncc(C([2H])([2H])[2H])c1-c1ccccc1. The number of hydrogen-bond donors (Lipinski definition) is 0. The van der Waals surface area contributed by atoms with Gasteiger partial charge in [-0.15, -0.1) is 0 Å². The van der Waals surface area contributed by atoms with Crippen LogP contribution in [-0.2, 0) is 5.41 Å². The molecule has 0 N–H and O–H groups in total. The summed E-state index contributed by atoms with van der Waals surface area (Å²) in [5.74, 6) is 2.06. The maximum absolute atomic E-state index is 9.18. The highest BCUT2D eigenvalue weighted by atomic mass is 16.5. The molecule has 4 heteroatoms. The second-order valence-electron chi connectivity index (χ2n) is 12.9. The summed E-state index contributed by atoms with van der Waals surface area (Å²) in [6, 6.07) is 46.5. The number of imidazole rings is 1. The van der Waals surface area contributed by atoms with Gasteiger partial charge in [-0.1, -0.05) is 97.1 Å². The summed E-state index contributed by atoms with van der Waals surface area (Å²) in [7, 11) is 0. The van der Waals surface area contributed by atoms with Gasteiger partial charge in [0.15, 0.2) is 0 Å². The number of ether oxygens (including phenoxy) is 1. The minimum Gasteiger partial charge on any atom is -0.457 e. The fourth-order valence-electron chi connectivity index (χ4n) is 7.94. The molecular formula is C45H31N3O. The molecule has 0 spiro atoms. The number of aryl methyl sites for hydroxylation is 1. The minimum atomic E-state index is -2.43. The lowest BCUT2D eigenvalue weighted by Gasteiger charge is -2.29. The van der Waals surface area contributed by atoms with Crippen LogP contribution in [0.1, 0.15) is 34.7 Å². The Kier molecular flexibility index (Phi) is 5.07. The quantitative estimate of drug-likeness (QED) is 0.194. The number of fused-ring (bicyclic) bond motifs is 10. The van der Waals surface area contributed by atoms with Crippen molar-refractivity contribution >= 4 is 11.0 Å². The molecule has 232 valence electrons. The van der Waals surface area contributed by atoms with Crippen LogP contribution in [0.3, 0.4) is 0 Å². The Morgan fingerprint density at radius 3 is 2.35 bits per heavy atom. The minimum absolute atomic E-state index is 0.0497. The van der Waals surface area contributed by atoms with Crippen LogP contribution in [0, 0.1) is 6.85 Å². The Morgan fingerprint density at radius 1 is 0.673 bits per heavy atom. The van der Waals surface area contributed by atoms with Crippen LogP contribution in [0.15, 0.2) is 152 Å². The Hall–Kier alpha value is -6.26. The van der Waals surface area contributed by atoms with E-state index in [-0.39, 0.29) is 11.6 Å². The van der Waals surface area contributed by atoms with Gasteiger partial charge in [-0.25, -0.2) is 4.98 Å². The van der Waals surface area contributed by atoms with Crippen LogP contribution in [0.2, 0.25) is 0 Å². The average Bonchev–Trinajstić information content (AvgIpc) is 3.66. The monoisotopic (exact) mass is 633 g/mol. The largest absolute Gasteiger partial charge is 0.457 e. The van der Waals surface area contributed by atoms with Gasteiger partial charge in [0.1, 0.15) is 17.3 Å². The molecule has 0 fully saturated rings. The van der Waals surface area contributed by atoms with Crippen molar-refractivity contribution < 1.29 is 10.2 Å². The van der Waals surface area contributed by atoms with Crippen molar-refractivity contribution in [1.82, 2.24) is 14.5 Å². The number of nitrogens with zero attached hydrogens (tertiary/aromatic N) is 3. The van der Waals surface area contributed by atoms with E-state index in [0.717, 1.165) is 33.7 Å². The predicted octanol–water partition coefficient (Wildman–Crippen LogP) is 11.2. The molecule has 4 nitrogen and oxygen atoms in total. The van der Waals surface area contributed by atoms with E-state index in [0.29, 0.717) is 33.9 Å². The van der Waals surface area contributed by atoms with Gasteiger partial charge < -0.3 is 4.74 Å². The zero-order chi connectivity index (χ0) is 36.1. The van der Waals surface area contributed by atoms with Gasteiger partial charge in [0.05, 0.1) is 23.8 Å². The summed E-state index contributed by atoms with van der Waals surface area (Å²) >= 11 is 0. The molecule has 10 rings (SSSR count). The van der Waals surface area contributed by atoms with E-state index in [1.165, 1.54) is 28.5 Å². The number of aromatic nitrogens is 3. The number of benzene rings is 6. The smallest absolute Gasteiger partial charge is 0.146 e. The molecule has 6 aromatic carbocycles. The van der Waals surface area contributed by atoms with E-state index in [2.05, 4.69) is 89.3 Å². The van der Waals surface area contributed by atoms with E-state index >= 15 is 0 Å². The summed E-state index contributed by atoms with van der Waals surface area (Å²) in [6.45, 7) is -0.102. The number of hydrogen-bond acceptors (Lipinski definition) is 3. The average molecular weight is 634 g/mol. The molecule has 0 bridgehead atoms. The molecule has 1 aliphatic heterocycles. The zero-order valence-corrected chi connectivity index (χ0v) is 26.6. The molecule has 1 unspecified atom stereocenters. The fourth-order valence-corrected chi connectivity index (χ4v) is 7.94. The summed E-state index contributed by atoms with van der Waals surface area (Å²) in [5, 5.41) is 0. The summed E-state index contributed by atoms with van der Waals surface area (Å²) in [5.41, 5.74) is 11.9. The topological polar surface area (TPSA) is 39.9 Å². The molecule has 8 aromatic rings. The first-order valence-electron chi connectivity index (χ1n) is 18.4. The van der Waals surface area contributed by atoms with Crippen LogP contribution in [-0.4, -0.2) is 14.5 Å². The van der Waals surface area contributed by atoms with Crippen molar-refractivity contribution in [2.45, 2.75) is 19.2 Å². The lowest BCUT2D eigenvalue weighted by molar-refractivity contribution is 0.482. The van der Waals surface area contributed by atoms with E-state index in [1.807, 2.05) is 66.7 Å². The molecule has 1 aliphatic carbocycles. The first-order valence-corrected chi connectivity index (χ1v) is 16.4. The van der Waals surface area contributed by atoms with Gasteiger partial charge in [0.2, 0.25) is 0 Å². The maximum Gasteiger partial charge on any atom is 0.146 e. The number of pyridine rings is 1. The molecule has 2 aromatic heterocycles. The van der Waals surface area contributed by atoms with Crippen LogP contribution in [0.4, 0.5) is 0 Å². The standard InChI is InChI=1S/C45H31N3O/c1-28-27-46-40(26-35(28)29-12-4-3-5-13-29)30-14-10-15-31(24-30)49-32-22-23-38-36(25-32)44-47-39-19-8-9-20-41(39)48(44)42-21-11-17-34-33-16-6-7-18-37(33)45(38,2)43(34)42/h3-27H,1-2H3/i1D3,26D. The van der Waals surface area contributed by atoms with Crippen molar-refractivity contribution in [3.63, 3.8) is 0 Å². The number of para-hydroxylation sites is 2. The molecule has 0 saturated heterocycles. The van der Waals surface area contributed by atoms with Gasteiger partial charge in [0, 0.05) is 26.9 Å². The van der Waals surface area contributed by atoms with Gasteiger partial charge in [0.25, 0.3) is 0 Å². The predicted molar refractivity (Wildman–Crippen MR) is 197 cm³/mol. The normalized spacial score (nSPS) is 16.7. The van der Waals surface area contributed by atoms with Crippen molar-refractivity contribution in [1.29, 1.82) is 0 Å². The lowest BCUT2D eigenvalue weighted by atomic mass is 9.72. The van der Waals surface area contributed by atoms with Crippen molar-refractivity contribution in [2.24, 2.45) is 0 Å². The fraction of sp³-hybridized carbons (Fsp3) is 0.0667. The van der Waals surface area contributed by atoms with Crippen molar-refractivity contribution in [3.8, 4) is 62.1 Å². The molecule has 1 atom stereocenters. The third kappa shape index (κ3) is 4.04. The Balaban J connectivity index is 1.12. The third-order valence-corrected chi connectivity index (χ3v) is 10.1. The highest BCUT2D eigenvalue weighted by Crippen LogP contribution is 2.58. The first kappa shape index (κ1) is 24.0.